The van der Waals surface area contributed by atoms with Gasteiger partial charge in [-0.2, -0.15) is 0 Å². The van der Waals surface area contributed by atoms with Gasteiger partial charge in [0.15, 0.2) is 0 Å². The molecule has 0 aromatic rings. The summed E-state index contributed by atoms with van der Waals surface area (Å²) in [5.74, 6) is 0.870. The Morgan fingerprint density at radius 3 is 2.17 bits per heavy atom. The molecule has 3 saturated carbocycles. The predicted molar refractivity (Wildman–Crippen MR) is 45.8 cm³/mol. The van der Waals surface area contributed by atoms with Gasteiger partial charge in [0, 0.05) is 5.41 Å². The van der Waals surface area contributed by atoms with E-state index in [1.54, 1.807) is 0 Å². The smallest absolute Gasteiger partial charge is 0.0749 e. The van der Waals surface area contributed by atoms with Crippen molar-refractivity contribution >= 4 is 0 Å². The quantitative estimate of drug-likeness (QED) is 0.534. The van der Waals surface area contributed by atoms with Crippen LogP contribution in [0.25, 0.3) is 0 Å². The molecule has 1 nitrogen and oxygen atoms in total. The van der Waals surface area contributed by atoms with Crippen LogP contribution in [0, 0.1) is 11.3 Å². The number of hydrogen-bond acceptors (Lipinski definition) is 1. The maximum atomic E-state index is 6.35. The molecule has 0 bridgehead atoms. The molecule has 4 aliphatic rings. The van der Waals surface area contributed by atoms with Crippen LogP contribution in [-0.2, 0) is 4.74 Å². The van der Waals surface area contributed by atoms with E-state index in [0.717, 1.165) is 5.92 Å². The zero-order valence-electron chi connectivity index (χ0n) is 7.73. The highest BCUT2D eigenvalue weighted by molar-refractivity contribution is 5.28. The zero-order chi connectivity index (χ0) is 8.03. The Morgan fingerprint density at radius 2 is 1.83 bits per heavy atom. The molecule has 0 aromatic heterocycles. The monoisotopic (exact) mass is 164 g/mol. The molecule has 4 rings (SSSR count). The number of fused-ring (bicyclic) bond motifs is 1. The molecule has 66 valence electrons. The lowest BCUT2D eigenvalue weighted by Gasteiger charge is -2.14. The van der Waals surface area contributed by atoms with Crippen molar-refractivity contribution in [2.75, 3.05) is 0 Å². The van der Waals surface area contributed by atoms with Crippen LogP contribution in [0.1, 0.15) is 45.4 Å². The second-order valence-corrected chi connectivity index (χ2v) is 5.72. The zero-order valence-corrected chi connectivity index (χ0v) is 7.73. The molecule has 3 aliphatic carbocycles. The van der Waals surface area contributed by atoms with Crippen LogP contribution >= 0.6 is 0 Å². The number of rotatable bonds is 0. The molecule has 1 heteroatoms. The van der Waals surface area contributed by atoms with Gasteiger partial charge in [-0.1, -0.05) is 6.92 Å². The van der Waals surface area contributed by atoms with E-state index in [1.165, 1.54) is 38.5 Å². The molecule has 1 aliphatic heterocycles. The summed E-state index contributed by atoms with van der Waals surface area (Å²) in [6, 6.07) is 0. The Morgan fingerprint density at radius 1 is 1.17 bits per heavy atom. The highest BCUT2D eigenvalue weighted by Gasteiger charge is 2.78. The molecule has 0 N–H and O–H groups in total. The van der Waals surface area contributed by atoms with Crippen molar-refractivity contribution < 1.29 is 4.74 Å². The lowest BCUT2D eigenvalue weighted by molar-refractivity contribution is -0.0102. The molecule has 0 amide bonds. The van der Waals surface area contributed by atoms with Crippen LogP contribution in [0.15, 0.2) is 0 Å². The predicted octanol–water partition coefficient (Wildman–Crippen LogP) is 2.50. The van der Waals surface area contributed by atoms with Gasteiger partial charge in [-0.05, 0) is 44.4 Å². The average molecular weight is 164 g/mol. The largest absolute Gasteiger partial charge is 0.368 e. The lowest BCUT2D eigenvalue weighted by atomic mass is 9.93. The van der Waals surface area contributed by atoms with Crippen LogP contribution in [0.5, 0.6) is 0 Å². The molecule has 1 saturated heterocycles. The average Bonchev–Trinajstić information content (AvgIpc) is 2.76. The van der Waals surface area contributed by atoms with E-state index in [-0.39, 0.29) is 0 Å². The Kier molecular flexibility index (Phi) is 0.744. The molecule has 0 aromatic carbocycles. The van der Waals surface area contributed by atoms with Crippen LogP contribution in [0.2, 0.25) is 0 Å². The molecule has 4 fully saturated rings. The Bertz CT molecular complexity index is 240. The third-order valence-electron chi connectivity index (χ3n) is 4.95. The van der Waals surface area contributed by atoms with Gasteiger partial charge in [0.1, 0.15) is 0 Å². The normalized spacial score (nSPS) is 55.2. The summed E-state index contributed by atoms with van der Waals surface area (Å²) in [6.07, 6.45) is 8.48. The summed E-state index contributed by atoms with van der Waals surface area (Å²) in [5.41, 5.74) is 1.53. The number of ether oxygens (including phenoxy) is 1. The maximum Gasteiger partial charge on any atom is 0.0749 e. The first-order valence-corrected chi connectivity index (χ1v) is 5.41. The minimum Gasteiger partial charge on any atom is -0.368 e. The SMILES string of the molecule is C[C@H]1C[C@]12CC1(CC1)C1(CC1)O2. The van der Waals surface area contributed by atoms with Crippen molar-refractivity contribution in [3.05, 3.63) is 0 Å². The van der Waals surface area contributed by atoms with Crippen molar-refractivity contribution in [1.82, 2.24) is 0 Å². The van der Waals surface area contributed by atoms with Crippen LogP contribution < -0.4 is 0 Å². The second-order valence-electron chi connectivity index (χ2n) is 5.72. The van der Waals surface area contributed by atoms with Gasteiger partial charge >= 0.3 is 0 Å². The fourth-order valence-corrected chi connectivity index (χ4v) is 3.64. The molecule has 1 heterocycles. The third kappa shape index (κ3) is 0.501. The topological polar surface area (TPSA) is 9.23 Å². The van der Waals surface area contributed by atoms with Crippen LogP contribution in [-0.4, -0.2) is 11.2 Å². The van der Waals surface area contributed by atoms with Crippen molar-refractivity contribution in [1.29, 1.82) is 0 Å². The van der Waals surface area contributed by atoms with Gasteiger partial charge in [0.25, 0.3) is 0 Å². The van der Waals surface area contributed by atoms with Crippen molar-refractivity contribution in [2.45, 2.75) is 56.7 Å². The summed E-state index contributed by atoms with van der Waals surface area (Å²) in [4.78, 5) is 0. The Labute approximate surface area is 73.5 Å². The summed E-state index contributed by atoms with van der Waals surface area (Å²) in [7, 11) is 0. The van der Waals surface area contributed by atoms with Gasteiger partial charge in [-0.15, -0.1) is 0 Å². The third-order valence-corrected chi connectivity index (χ3v) is 4.95. The molecule has 12 heavy (non-hydrogen) atoms. The summed E-state index contributed by atoms with van der Waals surface area (Å²) < 4.78 is 6.35. The van der Waals surface area contributed by atoms with Gasteiger partial charge in [-0.3, -0.25) is 0 Å². The molecular formula is C11H16O. The van der Waals surface area contributed by atoms with E-state index < -0.39 is 0 Å². The standard InChI is InChI=1S/C11H16O/c1-8-6-10(8)7-9(2-3-9)11(12-10)4-5-11/h8H,2-7H2,1H3/t8-,10-/m0/s1. The fraction of sp³-hybridized carbons (Fsp3) is 1.00. The van der Waals surface area contributed by atoms with E-state index >= 15 is 0 Å². The fourth-order valence-electron chi connectivity index (χ4n) is 3.64. The molecule has 0 radical (unpaired) electrons. The summed E-state index contributed by atoms with van der Waals surface area (Å²) in [6.45, 7) is 2.36. The van der Waals surface area contributed by atoms with E-state index in [2.05, 4.69) is 6.92 Å². The summed E-state index contributed by atoms with van der Waals surface area (Å²) in [5, 5.41) is 0. The Hall–Kier alpha value is -0.0400. The number of hydrogen-bond donors (Lipinski definition) is 0. The maximum absolute atomic E-state index is 6.35. The van der Waals surface area contributed by atoms with Gasteiger partial charge < -0.3 is 4.74 Å². The molecule has 3 spiro atoms. The van der Waals surface area contributed by atoms with Gasteiger partial charge in [0.05, 0.1) is 11.2 Å². The van der Waals surface area contributed by atoms with Gasteiger partial charge in [-0.25, -0.2) is 0 Å². The van der Waals surface area contributed by atoms with E-state index in [4.69, 9.17) is 4.74 Å². The van der Waals surface area contributed by atoms with E-state index in [9.17, 15) is 0 Å². The minimum absolute atomic E-state index is 0.396. The first kappa shape index (κ1) is 6.42. The van der Waals surface area contributed by atoms with Crippen LogP contribution in [0.4, 0.5) is 0 Å². The lowest BCUT2D eigenvalue weighted by Crippen LogP contribution is -2.18. The van der Waals surface area contributed by atoms with Crippen molar-refractivity contribution in [3.8, 4) is 0 Å². The van der Waals surface area contributed by atoms with Crippen molar-refractivity contribution in [3.63, 3.8) is 0 Å². The van der Waals surface area contributed by atoms with E-state index in [0.29, 0.717) is 16.6 Å². The van der Waals surface area contributed by atoms with Crippen molar-refractivity contribution in [2.24, 2.45) is 11.3 Å². The molecule has 2 atom stereocenters. The van der Waals surface area contributed by atoms with Gasteiger partial charge in [0.2, 0.25) is 0 Å². The minimum atomic E-state index is 0.396. The Balaban J connectivity index is 1.75. The van der Waals surface area contributed by atoms with E-state index in [1.807, 2.05) is 0 Å². The first-order valence-electron chi connectivity index (χ1n) is 5.41. The van der Waals surface area contributed by atoms with Crippen LogP contribution in [0.3, 0.4) is 0 Å². The highest BCUT2D eigenvalue weighted by atomic mass is 16.5. The highest BCUT2D eigenvalue weighted by Crippen LogP contribution is 2.79. The molecule has 0 unspecified atom stereocenters. The summed E-state index contributed by atoms with van der Waals surface area (Å²) >= 11 is 0. The first-order chi connectivity index (χ1) is 5.71. The second kappa shape index (κ2) is 1.39. The molecular weight excluding hydrogens is 148 g/mol.